The number of aliphatic hydroxyl groups is 1. The quantitative estimate of drug-likeness (QED) is 0.370. The van der Waals surface area contributed by atoms with E-state index in [-0.39, 0.29) is 27.7 Å². The monoisotopic (exact) mass is 280 g/mol. The Morgan fingerprint density at radius 2 is 1.80 bits per heavy atom. The van der Waals surface area contributed by atoms with Crippen LogP contribution in [0.25, 0.3) is 0 Å². The number of hydrogen-bond acceptors (Lipinski definition) is 2. The molecule has 0 aromatic rings. The van der Waals surface area contributed by atoms with E-state index < -0.39 is 5.44 Å². The van der Waals surface area contributed by atoms with Crippen LogP contribution in [0.3, 0.4) is 0 Å². The molecule has 0 heterocycles. The summed E-state index contributed by atoms with van der Waals surface area (Å²) in [5.41, 5.74) is -0.472. The standard InChI is InChI=1S/C2H6OS.Hg/c1-2(3)4;/h2-4H,1H3;/q;+2. The minimum Gasteiger partial charge on any atom is -0.383 e. The van der Waals surface area contributed by atoms with Crippen LogP contribution in [0.4, 0.5) is 0 Å². The second-order valence-corrected chi connectivity index (χ2v) is 1.38. The van der Waals surface area contributed by atoms with Gasteiger partial charge in [0.2, 0.25) is 0 Å². The van der Waals surface area contributed by atoms with Gasteiger partial charge in [0.25, 0.3) is 0 Å². The smallest absolute Gasteiger partial charge is 0.383 e. The van der Waals surface area contributed by atoms with E-state index in [0.717, 1.165) is 0 Å². The molecule has 0 aliphatic heterocycles. The molecule has 0 aromatic carbocycles. The van der Waals surface area contributed by atoms with Gasteiger partial charge in [-0.25, -0.2) is 0 Å². The van der Waals surface area contributed by atoms with Crippen LogP contribution >= 0.6 is 12.6 Å². The van der Waals surface area contributed by atoms with Crippen LogP contribution in [0.15, 0.2) is 0 Å². The third kappa shape index (κ3) is 35.6. The van der Waals surface area contributed by atoms with Crippen LogP contribution in [0.1, 0.15) is 6.92 Å². The summed E-state index contributed by atoms with van der Waals surface area (Å²) >= 11 is 3.52. The summed E-state index contributed by atoms with van der Waals surface area (Å²) in [6.45, 7) is 1.59. The van der Waals surface area contributed by atoms with Crippen molar-refractivity contribution in [2.24, 2.45) is 0 Å². The van der Waals surface area contributed by atoms with Crippen molar-refractivity contribution in [3.8, 4) is 0 Å². The molecule has 0 saturated carbocycles. The first kappa shape index (κ1) is 9.53. The minimum absolute atomic E-state index is 0. The first-order valence-electron chi connectivity index (χ1n) is 1.09. The third-order valence-corrected chi connectivity index (χ3v) is 0. The molecule has 0 bridgehead atoms. The van der Waals surface area contributed by atoms with Gasteiger partial charge in [-0.3, -0.25) is 0 Å². The van der Waals surface area contributed by atoms with Crippen LogP contribution in [0.5, 0.6) is 0 Å². The number of aliphatic hydroxyl groups excluding tert-OH is 1. The van der Waals surface area contributed by atoms with Crippen molar-refractivity contribution >= 4 is 12.6 Å². The molecule has 0 radical (unpaired) electrons. The van der Waals surface area contributed by atoms with Gasteiger partial charge < -0.3 is 5.11 Å². The molecular formula is C2H6HgOS+2. The Hall–Kier alpha value is 1.25. The van der Waals surface area contributed by atoms with E-state index in [1.807, 2.05) is 0 Å². The zero-order valence-corrected chi connectivity index (χ0v) is 9.57. The molecule has 0 spiro atoms. The average Bonchev–Trinajstić information content (AvgIpc) is 0.811. The fourth-order valence-corrected chi connectivity index (χ4v) is 0. The molecule has 0 saturated heterocycles. The van der Waals surface area contributed by atoms with Crippen molar-refractivity contribution in [2.75, 3.05) is 0 Å². The van der Waals surface area contributed by atoms with E-state index >= 15 is 0 Å². The van der Waals surface area contributed by atoms with Crippen molar-refractivity contribution in [3.63, 3.8) is 0 Å². The van der Waals surface area contributed by atoms with Gasteiger partial charge in [0.1, 0.15) is 0 Å². The fraction of sp³-hybridized carbons (Fsp3) is 1.00. The van der Waals surface area contributed by atoms with Gasteiger partial charge in [-0.15, -0.1) is 12.6 Å². The van der Waals surface area contributed by atoms with Gasteiger partial charge in [-0.05, 0) is 6.92 Å². The van der Waals surface area contributed by atoms with Crippen molar-refractivity contribution < 1.29 is 32.8 Å². The average molecular weight is 279 g/mol. The summed E-state index contributed by atoms with van der Waals surface area (Å²) in [6.07, 6.45) is 0. The van der Waals surface area contributed by atoms with E-state index in [2.05, 4.69) is 12.6 Å². The molecule has 0 aromatic heterocycles. The predicted octanol–water partition coefficient (Wildman–Crippen LogP) is 0.252. The van der Waals surface area contributed by atoms with E-state index in [4.69, 9.17) is 5.11 Å². The Balaban J connectivity index is 0. The van der Waals surface area contributed by atoms with E-state index in [9.17, 15) is 0 Å². The first-order valence-corrected chi connectivity index (χ1v) is 1.61. The summed E-state index contributed by atoms with van der Waals surface area (Å²) < 4.78 is 0. The topological polar surface area (TPSA) is 20.2 Å². The second-order valence-electron chi connectivity index (χ2n) is 0.632. The molecule has 26 valence electrons. The first-order chi connectivity index (χ1) is 1.73. The van der Waals surface area contributed by atoms with E-state index in [1.165, 1.54) is 0 Å². The number of rotatable bonds is 0. The van der Waals surface area contributed by atoms with Crippen molar-refractivity contribution in [1.82, 2.24) is 0 Å². The van der Waals surface area contributed by atoms with Crippen molar-refractivity contribution in [2.45, 2.75) is 12.4 Å². The third-order valence-electron chi connectivity index (χ3n) is 0. The molecule has 5 heavy (non-hydrogen) atoms. The Labute approximate surface area is 57.7 Å². The summed E-state index contributed by atoms with van der Waals surface area (Å²) in [5.74, 6) is 0. The van der Waals surface area contributed by atoms with E-state index in [0.29, 0.717) is 0 Å². The Kier molecular flexibility index (Phi) is 10.0. The molecule has 0 aliphatic rings. The SMILES string of the molecule is CC(O)S.[Hg+2]. The van der Waals surface area contributed by atoms with Gasteiger partial charge in [0.05, 0.1) is 5.44 Å². The van der Waals surface area contributed by atoms with Gasteiger partial charge in [-0.2, -0.15) is 0 Å². The summed E-state index contributed by atoms with van der Waals surface area (Å²) in [4.78, 5) is 0. The number of hydrogen-bond donors (Lipinski definition) is 2. The Morgan fingerprint density at radius 1 is 1.80 bits per heavy atom. The largest absolute Gasteiger partial charge is 2.00 e. The molecule has 1 nitrogen and oxygen atoms in total. The molecule has 1 atom stereocenters. The summed E-state index contributed by atoms with van der Waals surface area (Å²) in [7, 11) is 0. The van der Waals surface area contributed by atoms with Gasteiger partial charge >= 0.3 is 27.7 Å². The summed E-state index contributed by atoms with van der Waals surface area (Å²) in [6, 6.07) is 0. The normalized spacial score (nSPS) is 12.6. The number of thiol groups is 1. The minimum atomic E-state index is -0.472. The van der Waals surface area contributed by atoms with E-state index in [1.54, 1.807) is 6.92 Å². The van der Waals surface area contributed by atoms with Crippen molar-refractivity contribution in [1.29, 1.82) is 0 Å². The molecule has 0 aliphatic carbocycles. The zero-order valence-electron chi connectivity index (χ0n) is 3.18. The summed E-state index contributed by atoms with van der Waals surface area (Å²) in [5, 5.41) is 7.92. The Bertz CT molecular complexity index is 14.4. The van der Waals surface area contributed by atoms with Crippen LogP contribution in [-0.2, 0) is 27.7 Å². The molecule has 3 heteroatoms. The molecule has 1 N–H and O–H groups in total. The maximum absolute atomic E-state index is 7.92. The van der Waals surface area contributed by atoms with Crippen LogP contribution in [0.2, 0.25) is 0 Å². The molecular weight excluding hydrogens is 273 g/mol. The maximum Gasteiger partial charge on any atom is 2.00 e. The van der Waals surface area contributed by atoms with Crippen molar-refractivity contribution in [3.05, 3.63) is 0 Å². The van der Waals surface area contributed by atoms with Crippen LogP contribution < -0.4 is 0 Å². The van der Waals surface area contributed by atoms with Gasteiger partial charge in [0, 0.05) is 0 Å². The maximum atomic E-state index is 7.92. The fourth-order valence-electron chi connectivity index (χ4n) is 0. The predicted molar refractivity (Wildman–Crippen MR) is 20.7 cm³/mol. The molecule has 0 fully saturated rings. The molecule has 1 unspecified atom stereocenters. The molecule has 0 rings (SSSR count). The van der Waals surface area contributed by atoms with Crippen LogP contribution in [0, 0.1) is 0 Å². The second kappa shape index (κ2) is 5.25. The Morgan fingerprint density at radius 3 is 1.80 bits per heavy atom. The van der Waals surface area contributed by atoms with Crippen LogP contribution in [-0.4, -0.2) is 10.5 Å². The zero-order chi connectivity index (χ0) is 3.58. The van der Waals surface area contributed by atoms with Gasteiger partial charge in [0.15, 0.2) is 0 Å². The van der Waals surface area contributed by atoms with Gasteiger partial charge in [-0.1, -0.05) is 0 Å². The molecule has 0 amide bonds.